The van der Waals surface area contributed by atoms with Gasteiger partial charge in [0.2, 0.25) is 10.0 Å². The van der Waals surface area contributed by atoms with Crippen molar-refractivity contribution in [1.82, 2.24) is 4.31 Å². The van der Waals surface area contributed by atoms with Gasteiger partial charge in [0.25, 0.3) is 0 Å². The van der Waals surface area contributed by atoms with Crippen LogP contribution in [0.1, 0.15) is 38.3 Å². The van der Waals surface area contributed by atoms with Gasteiger partial charge in [0.15, 0.2) is 0 Å². The molecule has 0 radical (unpaired) electrons. The summed E-state index contributed by atoms with van der Waals surface area (Å²) in [7, 11) is -3.56. The van der Waals surface area contributed by atoms with Gasteiger partial charge in [-0.3, -0.25) is 4.79 Å². The van der Waals surface area contributed by atoms with Crippen LogP contribution >= 0.6 is 0 Å². The molecule has 0 atom stereocenters. The second kappa shape index (κ2) is 10.0. The second-order valence-corrected chi connectivity index (χ2v) is 10.8. The van der Waals surface area contributed by atoms with Crippen molar-refractivity contribution in [3.05, 3.63) is 65.4 Å². The first-order chi connectivity index (χ1) is 15.1. The molecule has 2 aromatic carbocycles. The van der Waals surface area contributed by atoms with Gasteiger partial charge in [0, 0.05) is 25.3 Å². The van der Waals surface area contributed by atoms with E-state index < -0.39 is 15.6 Å². The number of nitrogens with zero attached hydrogens (tertiary/aromatic N) is 2. The van der Waals surface area contributed by atoms with E-state index in [1.54, 1.807) is 30.3 Å². The highest BCUT2D eigenvalue weighted by Crippen LogP contribution is 2.31. The Hall–Kier alpha value is -2.42. The van der Waals surface area contributed by atoms with Crippen LogP contribution in [0.4, 0.5) is 5.69 Å². The quantitative estimate of drug-likeness (QED) is 0.557. The van der Waals surface area contributed by atoms with Crippen LogP contribution < -0.4 is 4.90 Å². The molecule has 0 saturated heterocycles. The summed E-state index contributed by atoms with van der Waals surface area (Å²) >= 11 is 0. The number of nitrogens with one attached hydrogen (secondary N) is 1. The molecule has 8 heteroatoms. The fourth-order valence-electron chi connectivity index (χ4n) is 3.91. The molecule has 1 N–H and O–H groups in total. The summed E-state index contributed by atoms with van der Waals surface area (Å²) in [6.07, 6.45) is 0.813. The molecule has 0 aliphatic carbocycles. The Morgan fingerprint density at radius 1 is 1.09 bits per heavy atom. The topological polar surface area (TPSA) is 90.7 Å². The molecule has 2 aromatic rings. The predicted molar refractivity (Wildman–Crippen MR) is 126 cm³/mol. The zero-order valence-electron chi connectivity index (χ0n) is 19.0. The lowest BCUT2D eigenvalue weighted by atomic mass is 9.98. The third kappa shape index (κ3) is 5.88. The van der Waals surface area contributed by atoms with E-state index in [4.69, 9.17) is 10.5 Å². The van der Waals surface area contributed by atoms with Crippen molar-refractivity contribution in [3.63, 3.8) is 0 Å². The molecule has 0 spiro atoms. The minimum atomic E-state index is -3.56. The van der Waals surface area contributed by atoms with E-state index in [2.05, 4.69) is 0 Å². The summed E-state index contributed by atoms with van der Waals surface area (Å²) < 4.78 is 33.0. The van der Waals surface area contributed by atoms with Crippen LogP contribution in [0, 0.1) is 0 Å². The van der Waals surface area contributed by atoms with E-state index in [9.17, 15) is 13.2 Å². The molecular weight excluding hydrogens is 426 g/mol. The number of hydrogen-bond donors (Lipinski definition) is 0. The Balaban J connectivity index is 1.79. The largest absolute Gasteiger partial charge is 0.676 e. The molecule has 1 aliphatic rings. The van der Waals surface area contributed by atoms with Gasteiger partial charge in [-0.2, -0.15) is 4.31 Å². The van der Waals surface area contributed by atoms with Crippen LogP contribution in [0.25, 0.3) is 5.73 Å². The van der Waals surface area contributed by atoms with Crippen LogP contribution in [0.3, 0.4) is 0 Å². The highest BCUT2D eigenvalue weighted by atomic mass is 32.2. The lowest BCUT2D eigenvalue weighted by molar-refractivity contribution is -0.154. The van der Waals surface area contributed by atoms with Crippen molar-refractivity contribution in [2.24, 2.45) is 0 Å². The van der Waals surface area contributed by atoms with Crippen LogP contribution in [-0.2, 0) is 32.5 Å². The van der Waals surface area contributed by atoms with Gasteiger partial charge in [-0.05, 0) is 63.1 Å². The van der Waals surface area contributed by atoms with E-state index in [0.29, 0.717) is 37.5 Å². The van der Waals surface area contributed by atoms with Gasteiger partial charge < -0.3 is 15.4 Å². The normalized spacial score (nSPS) is 14.6. The Morgan fingerprint density at radius 3 is 2.47 bits per heavy atom. The van der Waals surface area contributed by atoms with Gasteiger partial charge in [0.1, 0.15) is 5.60 Å². The molecule has 0 aromatic heterocycles. The molecular formula is C24H32N3O4S-. The molecule has 7 nitrogen and oxygen atoms in total. The third-order valence-corrected chi connectivity index (χ3v) is 7.17. The first-order valence-electron chi connectivity index (χ1n) is 10.9. The van der Waals surface area contributed by atoms with Crippen molar-refractivity contribution in [3.8, 4) is 0 Å². The Morgan fingerprint density at radius 2 is 1.81 bits per heavy atom. The Labute approximate surface area is 191 Å². The van der Waals surface area contributed by atoms with Crippen LogP contribution in [-0.4, -0.2) is 50.5 Å². The number of anilines is 1. The van der Waals surface area contributed by atoms with E-state index in [1.165, 1.54) is 4.31 Å². The Bertz CT molecular complexity index is 1030. The number of esters is 1. The monoisotopic (exact) mass is 458 g/mol. The summed E-state index contributed by atoms with van der Waals surface area (Å²) in [5, 5.41) is 0. The minimum absolute atomic E-state index is 0.201. The van der Waals surface area contributed by atoms with E-state index in [0.717, 1.165) is 16.8 Å². The van der Waals surface area contributed by atoms with E-state index in [1.807, 2.05) is 43.9 Å². The summed E-state index contributed by atoms with van der Waals surface area (Å²) in [6, 6.07) is 14.4. The SMILES string of the molecule is CC(C)(C)OC(=O)CCN(CC[NH-])c1cccc2c1CCN(S(=O)(=O)c1ccccc1)C2. The van der Waals surface area contributed by atoms with Crippen molar-refractivity contribution >= 4 is 21.7 Å². The Kier molecular flexibility index (Phi) is 7.59. The number of fused-ring (bicyclic) bond motifs is 1. The van der Waals surface area contributed by atoms with Gasteiger partial charge in [0.05, 0.1) is 11.3 Å². The van der Waals surface area contributed by atoms with E-state index in [-0.39, 0.29) is 18.9 Å². The highest BCUT2D eigenvalue weighted by molar-refractivity contribution is 7.89. The number of rotatable bonds is 8. The number of carbonyl (C=O) groups excluding carboxylic acids is 1. The molecule has 1 aliphatic heterocycles. The molecule has 0 bridgehead atoms. The fraction of sp³-hybridized carbons (Fsp3) is 0.458. The smallest absolute Gasteiger partial charge is 0.308 e. The lowest BCUT2D eigenvalue weighted by Crippen LogP contribution is -2.37. The van der Waals surface area contributed by atoms with Crippen molar-refractivity contribution < 1.29 is 17.9 Å². The first-order valence-corrected chi connectivity index (χ1v) is 12.3. The van der Waals surface area contributed by atoms with Crippen molar-refractivity contribution in [1.29, 1.82) is 0 Å². The summed E-state index contributed by atoms with van der Waals surface area (Å²) in [4.78, 5) is 14.5. The summed E-state index contributed by atoms with van der Waals surface area (Å²) in [5.74, 6) is -0.266. The van der Waals surface area contributed by atoms with Gasteiger partial charge in [-0.15, -0.1) is 6.54 Å². The minimum Gasteiger partial charge on any atom is -0.676 e. The van der Waals surface area contributed by atoms with Crippen LogP contribution in [0.15, 0.2) is 53.4 Å². The summed E-state index contributed by atoms with van der Waals surface area (Å²) in [6.45, 7) is 7.37. The number of ether oxygens (including phenoxy) is 1. The highest BCUT2D eigenvalue weighted by Gasteiger charge is 2.30. The van der Waals surface area contributed by atoms with Crippen LogP contribution in [0.2, 0.25) is 0 Å². The first kappa shape index (κ1) is 24.2. The molecule has 0 unspecified atom stereocenters. The van der Waals surface area contributed by atoms with Crippen molar-refractivity contribution in [2.45, 2.75) is 50.7 Å². The number of benzene rings is 2. The van der Waals surface area contributed by atoms with Crippen LogP contribution in [0.5, 0.6) is 0 Å². The number of hydrogen-bond acceptors (Lipinski definition) is 5. The van der Waals surface area contributed by atoms with Gasteiger partial charge >= 0.3 is 5.97 Å². The molecule has 3 rings (SSSR count). The molecule has 0 amide bonds. The van der Waals surface area contributed by atoms with Gasteiger partial charge in [-0.1, -0.05) is 30.3 Å². The molecule has 174 valence electrons. The van der Waals surface area contributed by atoms with E-state index >= 15 is 0 Å². The standard InChI is InChI=1S/C24H32N3O4S/c1-24(2,3)31-23(28)13-15-26(17-14-25)22-11-7-8-19-18-27(16-12-21(19)22)32(29,30)20-9-5-4-6-10-20/h4-11,25H,12-18H2,1-3H3/q-1. The van der Waals surface area contributed by atoms with Crippen molar-refractivity contribution in [2.75, 3.05) is 31.1 Å². The van der Waals surface area contributed by atoms with Gasteiger partial charge in [-0.25, -0.2) is 8.42 Å². The number of sulfonamides is 1. The average molecular weight is 459 g/mol. The predicted octanol–water partition coefficient (Wildman–Crippen LogP) is 4.02. The number of carbonyl (C=O) groups is 1. The summed E-state index contributed by atoms with van der Waals surface area (Å²) in [5.41, 5.74) is 10.2. The second-order valence-electron chi connectivity index (χ2n) is 8.89. The zero-order valence-corrected chi connectivity index (χ0v) is 19.8. The molecule has 0 fully saturated rings. The fourth-order valence-corrected chi connectivity index (χ4v) is 5.35. The average Bonchev–Trinajstić information content (AvgIpc) is 2.75. The third-order valence-electron chi connectivity index (χ3n) is 5.32. The molecule has 0 saturated carbocycles. The maximum absolute atomic E-state index is 13.0. The molecule has 32 heavy (non-hydrogen) atoms. The maximum atomic E-state index is 13.0. The molecule has 1 heterocycles. The zero-order chi connectivity index (χ0) is 23.4. The maximum Gasteiger partial charge on any atom is 0.308 e. The lowest BCUT2D eigenvalue weighted by Gasteiger charge is -2.34.